The third kappa shape index (κ3) is 5.42. The minimum atomic E-state index is 0.0359. The molecule has 2 rings (SSSR count). The van der Waals surface area contributed by atoms with E-state index in [4.69, 9.17) is 5.11 Å². The largest absolute Gasteiger partial charge is 0.393 e. The average molecular weight is 178 g/mol. The molecule has 1 nitrogen and oxygen atoms in total. The summed E-state index contributed by atoms with van der Waals surface area (Å²) in [5.74, 6) is 0. The van der Waals surface area contributed by atoms with Crippen LogP contribution in [0.15, 0.2) is 36.4 Å². The van der Waals surface area contributed by atoms with Crippen LogP contribution < -0.4 is 0 Å². The maximum atomic E-state index is 8.91. The first kappa shape index (κ1) is 10.3. The van der Waals surface area contributed by atoms with Crippen molar-refractivity contribution in [2.24, 2.45) is 0 Å². The molecule has 0 heterocycles. The summed E-state index contributed by atoms with van der Waals surface area (Å²) in [6.07, 6.45) is 5.92. The van der Waals surface area contributed by atoms with Gasteiger partial charge in [0.15, 0.2) is 0 Å². The van der Waals surface area contributed by atoms with Gasteiger partial charge in [0.05, 0.1) is 6.10 Å². The van der Waals surface area contributed by atoms with Gasteiger partial charge in [-0.1, -0.05) is 55.7 Å². The molecule has 72 valence electrons. The van der Waals surface area contributed by atoms with E-state index in [-0.39, 0.29) is 6.10 Å². The summed E-state index contributed by atoms with van der Waals surface area (Å²) in [6, 6.07) is 12.0. The first-order valence-corrected chi connectivity index (χ1v) is 5.07. The van der Waals surface area contributed by atoms with Gasteiger partial charge in [0.1, 0.15) is 0 Å². The highest BCUT2D eigenvalue weighted by Crippen LogP contribution is 2.16. The second-order valence-corrected chi connectivity index (χ2v) is 3.45. The lowest BCUT2D eigenvalue weighted by atomic mass is 9.98. The molecular formula is C12H18O. The molecule has 1 aromatic carbocycles. The van der Waals surface area contributed by atoms with Crippen LogP contribution in [0.5, 0.6) is 0 Å². The van der Waals surface area contributed by atoms with E-state index in [9.17, 15) is 0 Å². The minimum Gasteiger partial charge on any atom is -0.393 e. The SMILES string of the molecule is OC1CCCCC1.c1ccccc1. The number of aliphatic hydroxyl groups excluding tert-OH is 1. The molecule has 0 atom stereocenters. The van der Waals surface area contributed by atoms with Gasteiger partial charge in [-0.3, -0.25) is 0 Å². The van der Waals surface area contributed by atoms with Gasteiger partial charge >= 0.3 is 0 Å². The van der Waals surface area contributed by atoms with E-state index in [1.807, 2.05) is 36.4 Å². The Morgan fingerprint density at radius 3 is 1.31 bits per heavy atom. The van der Waals surface area contributed by atoms with E-state index >= 15 is 0 Å². The molecule has 1 aliphatic carbocycles. The molecule has 1 heteroatoms. The van der Waals surface area contributed by atoms with Crippen LogP contribution in [-0.4, -0.2) is 11.2 Å². The smallest absolute Gasteiger partial charge is 0.0540 e. The minimum absolute atomic E-state index is 0.0359. The third-order valence-corrected chi connectivity index (χ3v) is 2.24. The molecule has 0 bridgehead atoms. The summed E-state index contributed by atoms with van der Waals surface area (Å²) in [5, 5.41) is 8.91. The fourth-order valence-electron chi connectivity index (χ4n) is 1.47. The molecule has 1 saturated carbocycles. The molecule has 13 heavy (non-hydrogen) atoms. The average Bonchev–Trinajstić information content (AvgIpc) is 2.22. The van der Waals surface area contributed by atoms with Gasteiger partial charge < -0.3 is 5.11 Å². The molecule has 1 fully saturated rings. The Morgan fingerprint density at radius 2 is 1.08 bits per heavy atom. The molecule has 0 unspecified atom stereocenters. The zero-order valence-corrected chi connectivity index (χ0v) is 8.02. The summed E-state index contributed by atoms with van der Waals surface area (Å²) in [7, 11) is 0. The maximum absolute atomic E-state index is 8.91. The normalized spacial score (nSPS) is 17.3. The van der Waals surface area contributed by atoms with Gasteiger partial charge in [0, 0.05) is 0 Å². The lowest BCUT2D eigenvalue weighted by molar-refractivity contribution is 0.130. The van der Waals surface area contributed by atoms with Crippen LogP contribution in [0.3, 0.4) is 0 Å². The number of hydrogen-bond donors (Lipinski definition) is 1. The quantitative estimate of drug-likeness (QED) is 0.647. The lowest BCUT2D eigenvalue weighted by Crippen LogP contribution is -2.09. The van der Waals surface area contributed by atoms with E-state index in [2.05, 4.69) is 0 Å². The maximum Gasteiger partial charge on any atom is 0.0540 e. The van der Waals surface area contributed by atoms with Crippen LogP contribution in [0, 0.1) is 0 Å². The van der Waals surface area contributed by atoms with Crippen molar-refractivity contribution in [1.29, 1.82) is 0 Å². The van der Waals surface area contributed by atoms with E-state index < -0.39 is 0 Å². The van der Waals surface area contributed by atoms with E-state index in [1.54, 1.807) is 0 Å². The van der Waals surface area contributed by atoms with Gasteiger partial charge in [-0.05, 0) is 12.8 Å². The Bertz CT molecular complexity index is 163. The summed E-state index contributed by atoms with van der Waals surface area (Å²) >= 11 is 0. The Labute approximate surface area is 80.4 Å². The highest BCUT2D eigenvalue weighted by atomic mass is 16.3. The van der Waals surface area contributed by atoms with E-state index in [0.717, 1.165) is 12.8 Å². The lowest BCUT2D eigenvalue weighted by Gasteiger charge is -2.14. The van der Waals surface area contributed by atoms with Crippen LogP contribution in [0.25, 0.3) is 0 Å². The van der Waals surface area contributed by atoms with Crippen molar-refractivity contribution < 1.29 is 5.11 Å². The molecule has 0 saturated heterocycles. The van der Waals surface area contributed by atoms with E-state index in [0.29, 0.717) is 0 Å². The van der Waals surface area contributed by atoms with Crippen LogP contribution >= 0.6 is 0 Å². The second kappa shape index (κ2) is 6.67. The molecule has 1 N–H and O–H groups in total. The number of hydrogen-bond acceptors (Lipinski definition) is 1. The van der Waals surface area contributed by atoms with Crippen LogP contribution in [0.2, 0.25) is 0 Å². The van der Waals surface area contributed by atoms with Crippen molar-refractivity contribution in [1.82, 2.24) is 0 Å². The van der Waals surface area contributed by atoms with Crippen molar-refractivity contribution in [3.8, 4) is 0 Å². The van der Waals surface area contributed by atoms with Crippen molar-refractivity contribution >= 4 is 0 Å². The summed E-state index contributed by atoms with van der Waals surface area (Å²) in [6.45, 7) is 0. The Balaban J connectivity index is 0.000000132. The Hall–Kier alpha value is -0.820. The summed E-state index contributed by atoms with van der Waals surface area (Å²) in [4.78, 5) is 0. The van der Waals surface area contributed by atoms with Gasteiger partial charge in [0.25, 0.3) is 0 Å². The van der Waals surface area contributed by atoms with Gasteiger partial charge in [0.2, 0.25) is 0 Å². The molecule has 0 radical (unpaired) electrons. The monoisotopic (exact) mass is 178 g/mol. The standard InChI is InChI=1S/C6H12O.C6H6/c7-6-4-2-1-3-5-6;1-2-4-6-5-3-1/h6-7H,1-5H2;1-6H. The van der Waals surface area contributed by atoms with E-state index in [1.165, 1.54) is 19.3 Å². The van der Waals surface area contributed by atoms with Crippen LogP contribution in [0.4, 0.5) is 0 Å². The highest BCUT2D eigenvalue weighted by Gasteiger charge is 2.07. The Kier molecular flexibility index (Phi) is 5.27. The first-order chi connectivity index (χ1) is 6.39. The van der Waals surface area contributed by atoms with Gasteiger partial charge in [-0.15, -0.1) is 0 Å². The fourth-order valence-corrected chi connectivity index (χ4v) is 1.47. The topological polar surface area (TPSA) is 20.2 Å². The van der Waals surface area contributed by atoms with Crippen molar-refractivity contribution in [3.63, 3.8) is 0 Å². The van der Waals surface area contributed by atoms with Crippen LogP contribution in [-0.2, 0) is 0 Å². The number of aliphatic hydroxyl groups is 1. The molecule has 0 aliphatic heterocycles. The van der Waals surface area contributed by atoms with Crippen molar-refractivity contribution in [2.45, 2.75) is 38.2 Å². The predicted molar refractivity (Wildman–Crippen MR) is 55.5 cm³/mol. The van der Waals surface area contributed by atoms with Gasteiger partial charge in [-0.25, -0.2) is 0 Å². The number of rotatable bonds is 0. The number of benzene rings is 1. The van der Waals surface area contributed by atoms with Crippen LogP contribution in [0.1, 0.15) is 32.1 Å². The molecule has 0 spiro atoms. The molecule has 0 aromatic heterocycles. The Morgan fingerprint density at radius 1 is 0.692 bits per heavy atom. The first-order valence-electron chi connectivity index (χ1n) is 5.07. The molecule has 0 amide bonds. The van der Waals surface area contributed by atoms with Crippen molar-refractivity contribution in [2.75, 3.05) is 0 Å². The van der Waals surface area contributed by atoms with Crippen molar-refractivity contribution in [3.05, 3.63) is 36.4 Å². The third-order valence-electron chi connectivity index (χ3n) is 2.24. The highest BCUT2D eigenvalue weighted by molar-refractivity contribution is 4.99. The zero-order valence-electron chi connectivity index (χ0n) is 8.02. The predicted octanol–water partition coefficient (Wildman–Crippen LogP) is 3.00. The molecule has 1 aliphatic rings. The summed E-state index contributed by atoms with van der Waals surface area (Å²) in [5.41, 5.74) is 0. The zero-order chi connectivity index (χ0) is 9.36. The summed E-state index contributed by atoms with van der Waals surface area (Å²) < 4.78 is 0. The second-order valence-electron chi connectivity index (χ2n) is 3.45. The fraction of sp³-hybridized carbons (Fsp3) is 0.500. The molecular weight excluding hydrogens is 160 g/mol. The molecule has 1 aromatic rings. The van der Waals surface area contributed by atoms with Gasteiger partial charge in [-0.2, -0.15) is 0 Å².